The Morgan fingerprint density at radius 2 is 2.21 bits per heavy atom. The van der Waals surface area contributed by atoms with E-state index < -0.39 is 38.9 Å². The second-order valence-electron chi connectivity index (χ2n) is 7.72. The van der Waals surface area contributed by atoms with Crippen LogP contribution in [0.5, 0.6) is 0 Å². The molecule has 0 saturated carbocycles. The highest BCUT2D eigenvalue weighted by molar-refractivity contribution is 8.01. The van der Waals surface area contributed by atoms with Crippen LogP contribution < -0.4 is 16.4 Å². The molecule has 2 fully saturated rings. The molecule has 4 aliphatic rings. The van der Waals surface area contributed by atoms with Crippen LogP contribution in [0.3, 0.4) is 0 Å². The summed E-state index contributed by atoms with van der Waals surface area (Å²) >= 11 is 3.11. The van der Waals surface area contributed by atoms with E-state index in [9.17, 15) is 9.79 Å². The van der Waals surface area contributed by atoms with E-state index in [1.54, 1.807) is 17.7 Å². The fourth-order valence-electron chi connectivity index (χ4n) is 4.31. The third kappa shape index (κ3) is 3.80. The monoisotopic (exact) mass is 513 g/mol. The lowest BCUT2D eigenvalue weighted by Crippen LogP contribution is -2.51. The number of fused-ring (bicyclic) bond motifs is 2. The number of nitrogens with one attached hydrogen (secondary N) is 2. The molecular formula is C18H22N6O6PS2+. The SMILES string of the molecule is COC1C(N2C3=C(NC2Sc2nc4ccccc4s2)C(N)N=CN3)OC2CO[P+](O)(O)O[C@H]21. The number of thiazole rings is 1. The lowest BCUT2D eigenvalue weighted by atomic mass is 10.1. The second-order valence-corrected chi connectivity index (χ2v) is 11.5. The Kier molecular flexibility index (Phi) is 5.49. The van der Waals surface area contributed by atoms with Crippen LogP contribution >= 0.6 is 31.3 Å². The van der Waals surface area contributed by atoms with Gasteiger partial charge < -0.3 is 25.8 Å². The lowest BCUT2D eigenvalue weighted by molar-refractivity contribution is -0.0971. The van der Waals surface area contributed by atoms with E-state index in [2.05, 4.69) is 15.6 Å². The number of ether oxygens (including phenoxy) is 2. The molecular weight excluding hydrogens is 491 g/mol. The molecule has 6 atom stereocenters. The number of hydrogen-bond acceptors (Lipinski definition) is 14. The van der Waals surface area contributed by atoms with Crippen molar-refractivity contribution in [1.29, 1.82) is 0 Å². The number of benzene rings is 1. The summed E-state index contributed by atoms with van der Waals surface area (Å²) in [4.78, 5) is 30.8. The standard InChI is InChI=1S/C18H22N6O6PS2/c1-27-13-12-9(6-28-31(25,26)30-12)29-16(13)24-15-11(14(19)20-7-21-15)23-17(24)33-18-22-8-4-2-3-5-10(8)32-18/h2-5,7,9,12-14,16-17,23,25-26H,6,19H2,1H3,(H,20,21)/q+1/t9?,12-,13?,14?,16?,17?/m1/s1. The molecule has 2 saturated heterocycles. The Morgan fingerprint density at radius 3 is 3.03 bits per heavy atom. The molecule has 33 heavy (non-hydrogen) atoms. The van der Waals surface area contributed by atoms with Crippen molar-refractivity contribution in [3.8, 4) is 0 Å². The van der Waals surface area contributed by atoms with E-state index in [1.807, 2.05) is 29.2 Å². The quantitative estimate of drug-likeness (QED) is 0.361. The van der Waals surface area contributed by atoms with Gasteiger partial charge in [0.2, 0.25) is 0 Å². The summed E-state index contributed by atoms with van der Waals surface area (Å²) in [5.41, 5.74) is 7.53. The molecule has 0 spiro atoms. The average molecular weight is 514 g/mol. The first-order chi connectivity index (χ1) is 15.9. The van der Waals surface area contributed by atoms with Crippen molar-refractivity contribution in [2.45, 2.75) is 40.5 Å². The highest BCUT2D eigenvalue weighted by Gasteiger charge is 2.62. The number of para-hydroxylation sites is 1. The molecule has 12 nitrogen and oxygen atoms in total. The van der Waals surface area contributed by atoms with E-state index in [0.29, 0.717) is 11.5 Å². The number of rotatable bonds is 4. The molecule has 6 N–H and O–H groups in total. The molecule has 1 aromatic heterocycles. The molecule has 0 aliphatic carbocycles. The molecule has 15 heteroatoms. The van der Waals surface area contributed by atoms with E-state index in [1.165, 1.54) is 18.9 Å². The van der Waals surface area contributed by atoms with Crippen molar-refractivity contribution in [3.63, 3.8) is 0 Å². The maximum atomic E-state index is 9.94. The lowest BCUT2D eigenvalue weighted by Gasteiger charge is -2.35. The van der Waals surface area contributed by atoms with E-state index in [0.717, 1.165) is 14.6 Å². The maximum Gasteiger partial charge on any atom is 0.570 e. The number of nitrogens with two attached hydrogens (primary N) is 1. The summed E-state index contributed by atoms with van der Waals surface area (Å²) < 4.78 is 24.5. The molecule has 0 amide bonds. The van der Waals surface area contributed by atoms with Gasteiger partial charge in [0.15, 0.2) is 22.2 Å². The summed E-state index contributed by atoms with van der Waals surface area (Å²) in [6.45, 7) is -0.0148. The van der Waals surface area contributed by atoms with Crippen LogP contribution in [0.1, 0.15) is 0 Å². The van der Waals surface area contributed by atoms with Crippen LogP contribution in [0.15, 0.2) is 45.1 Å². The topological polar surface area (TPSA) is 156 Å². The zero-order chi connectivity index (χ0) is 22.7. The first-order valence-corrected chi connectivity index (χ1v) is 13.4. The molecule has 176 valence electrons. The molecule has 0 radical (unpaired) electrons. The summed E-state index contributed by atoms with van der Waals surface area (Å²) in [6, 6.07) is 7.96. The molecule has 4 aliphatic heterocycles. The van der Waals surface area contributed by atoms with Gasteiger partial charge in [-0.05, 0) is 23.9 Å². The van der Waals surface area contributed by atoms with Crippen molar-refractivity contribution < 1.29 is 28.3 Å². The molecule has 5 heterocycles. The Morgan fingerprint density at radius 1 is 1.36 bits per heavy atom. The van der Waals surface area contributed by atoms with Gasteiger partial charge in [-0.3, -0.25) is 9.89 Å². The number of methoxy groups -OCH3 is 1. The molecule has 1 aromatic carbocycles. The third-order valence-electron chi connectivity index (χ3n) is 5.76. The Hall–Kier alpha value is -1.58. The van der Waals surface area contributed by atoms with E-state index in [4.69, 9.17) is 29.2 Å². The number of nitrogens with zero attached hydrogens (tertiary/aromatic N) is 3. The normalized spacial score (nSPS) is 34.8. The Balaban J connectivity index is 1.33. The van der Waals surface area contributed by atoms with Crippen LogP contribution in [0.2, 0.25) is 0 Å². The van der Waals surface area contributed by atoms with Gasteiger partial charge in [-0.25, -0.2) is 4.98 Å². The highest BCUT2D eigenvalue weighted by Crippen LogP contribution is 2.59. The number of hydrogen-bond donors (Lipinski definition) is 5. The smallest absolute Gasteiger partial charge is 0.374 e. The summed E-state index contributed by atoms with van der Waals surface area (Å²) in [5, 5.41) is 6.60. The van der Waals surface area contributed by atoms with Crippen molar-refractivity contribution >= 4 is 47.8 Å². The minimum absolute atomic E-state index is 0.0148. The first-order valence-electron chi connectivity index (χ1n) is 10.1. The van der Waals surface area contributed by atoms with Gasteiger partial charge >= 0.3 is 8.17 Å². The van der Waals surface area contributed by atoms with Crippen LogP contribution in [0.4, 0.5) is 0 Å². The van der Waals surface area contributed by atoms with Crippen molar-refractivity contribution in [1.82, 2.24) is 20.5 Å². The minimum Gasteiger partial charge on any atom is -0.374 e. The second kappa shape index (κ2) is 8.27. The van der Waals surface area contributed by atoms with Gasteiger partial charge in [0.05, 0.1) is 22.3 Å². The van der Waals surface area contributed by atoms with Gasteiger partial charge in [-0.2, -0.15) is 14.3 Å². The van der Waals surface area contributed by atoms with Crippen molar-refractivity contribution in [3.05, 3.63) is 35.8 Å². The van der Waals surface area contributed by atoms with Crippen LogP contribution in [0, 0.1) is 0 Å². The predicted octanol–water partition coefficient (Wildman–Crippen LogP) is 0.480. The number of thioether (sulfide) groups is 1. The van der Waals surface area contributed by atoms with Crippen molar-refractivity contribution in [2.75, 3.05) is 13.7 Å². The fraction of sp³-hybridized carbons (Fsp3) is 0.444. The third-order valence-corrected chi connectivity index (χ3v) is 9.00. The predicted molar refractivity (Wildman–Crippen MR) is 123 cm³/mol. The van der Waals surface area contributed by atoms with Crippen LogP contribution in [-0.2, 0) is 18.5 Å². The van der Waals surface area contributed by atoms with Gasteiger partial charge in [-0.1, -0.05) is 12.1 Å². The van der Waals surface area contributed by atoms with Gasteiger partial charge in [0.25, 0.3) is 0 Å². The van der Waals surface area contributed by atoms with Gasteiger partial charge in [-0.15, -0.1) is 15.9 Å². The van der Waals surface area contributed by atoms with Gasteiger partial charge in [0, 0.05) is 7.11 Å². The summed E-state index contributed by atoms with van der Waals surface area (Å²) in [6.07, 6.45) is -1.52. The van der Waals surface area contributed by atoms with Crippen molar-refractivity contribution in [2.24, 2.45) is 10.7 Å². The summed E-state index contributed by atoms with van der Waals surface area (Å²) in [7, 11) is -2.38. The zero-order valence-electron chi connectivity index (χ0n) is 17.3. The van der Waals surface area contributed by atoms with E-state index in [-0.39, 0.29) is 12.1 Å². The summed E-state index contributed by atoms with van der Waals surface area (Å²) in [5.74, 6) is 0.705. The average Bonchev–Trinajstić information content (AvgIpc) is 3.45. The fourth-order valence-corrected chi connectivity index (χ4v) is 7.58. The molecule has 5 unspecified atom stereocenters. The largest absolute Gasteiger partial charge is 0.570 e. The molecule has 2 aromatic rings. The zero-order valence-corrected chi connectivity index (χ0v) is 19.8. The number of aromatic nitrogens is 1. The first kappa shape index (κ1) is 21.9. The molecule has 0 bridgehead atoms. The van der Waals surface area contributed by atoms with E-state index >= 15 is 0 Å². The molecule has 6 rings (SSSR count). The van der Waals surface area contributed by atoms with Crippen LogP contribution in [-0.4, -0.2) is 75.9 Å². The Bertz CT molecular complexity index is 1100. The highest BCUT2D eigenvalue weighted by atomic mass is 32.2. The van der Waals surface area contributed by atoms with Crippen LogP contribution in [0.25, 0.3) is 10.2 Å². The maximum absolute atomic E-state index is 9.94. The number of aliphatic imine (C=N–C) groups is 1. The minimum atomic E-state index is -3.92. The van der Waals surface area contributed by atoms with Gasteiger partial charge in [0.1, 0.15) is 30.8 Å². The Labute approximate surface area is 197 Å².